The molecule has 2 heterocycles. The summed E-state index contributed by atoms with van der Waals surface area (Å²) >= 11 is 1.32. The summed E-state index contributed by atoms with van der Waals surface area (Å²) < 4.78 is 5.72. The standard InChI is InChI=1S/C15H23NO3S/c1-15(2,3)12-10-11(13(20-12)14(17)18)19-9-8-16-6-4-5-7-16/h10H,4-9H2,1-3H3,(H,17,18). The third kappa shape index (κ3) is 3.73. The van der Waals surface area contributed by atoms with Crippen LogP contribution in [0, 0.1) is 0 Å². The topological polar surface area (TPSA) is 49.8 Å². The Hall–Kier alpha value is -1.07. The van der Waals surface area contributed by atoms with Gasteiger partial charge >= 0.3 is 5.97 Å². The first-order valence-corrected chi connectivity index (χ1v) is 7.92. The monoisotopic (exact) mass is 297 g/mol. The molecule has 0 bridgehead atoms. The number of carboxylic acids is 1. The Morgan fingerprint density at radius 1 is 1.40 bits per heavy atom. The molecule has 1 N–H and O–H groups in total. The number of nitrogens with zero attached hydrogens (tertiary/aromatic N) is 1. The lowest BCUT2D eigenvalue weighted by Gasteiger charge is -2.15. The van der Waals surface area contributed by atoms with E-state index in [0.717, 1.165) is 24.5 Å². The number of aromatic carboxylic acids is 1. The van der Waals surface area contributed by atoms with Crippen LogP contribution in [0.5, 0.6) is 5.75 Å². The Kier molecular flexibility index (Phi) is 4.70. The van der Waals surface area contributed by atoms with E-state index in [4.69, 9.17) is 4.74 Å². The van der Waals surface area contributed by atoms with Crippen LogP contribution in [0.25, 0.3) is 0 Å². The zero-order chi connectivity index (χ0) is 14.8. The molecular formula is C15H23NO3S. The average Bonchev–Trinajstić information content (AvgIpc) is 2.96. The summed E-state index contributed by atoms with van der Waals surface area (Å²) in [6, 6.07) is 1.89. The van der Waals surface area contributed by atoms with Crippen LogP contribution < -0.4 is 4.74 Å². The first-order valence-electron chi connectivity index (χ1n) is 7.10. The van der Waals surface area contributed by atoms with Gasteiger partial charge in [0.2, 0.25) is 0 Å². The highest BCUT2D eigenvalue weighted by Crippen LogP contribution is 2.36. The lowest BCUT2D eigenvalue weighted by molar-refractivity contribution is 0.0697. The molecule has 112 valence electrons. The minimum Gasteiger partial charge on any atom is -0.490 e. The predicted molar refractivity (Wildman–Crippen MR) is 81.1 cm³/mol. The molecule has 1 saturated heterocycles. The fraction of sp³-hybridized carbons (Fsp3) is 0.667. The van der Waals surface area contributed by atoms with E-state index in [1.807, 2.05) is 6.07 Å². The summed E-state index contributed by atoms with van der Waals surface area (Å²) in [6.07, 6.45) is 2.51. The van der Waals surface area contributed by atoms with Gasteiger partial charge in [-0.15, -0.1) is 11.3 Å². The van der Waals surface area contributed by atoms with E-state index in [1.54, 1.807) is 0 Å². The molecule has 20 heavy (non-hydrogen) atoms. The van der Waals surface area contributed by atoms with E-state index >= 15 is 0 Å². The van der Waals surface area contributed by atoms with Gasteiger partial charge in [-0.25, -0.2) is 4.79 Å². The lowest BCUT2D eigenvalue weighted by atomic mass is 9.95. The fourth-order valence-corrected chi connectivity index (χ4v) is 3.29. The zero-order valence-electron chi connectivity index (χ0n) is 12.4. The van der Waals surface area contributed by atoms with Gasteiger partial charge in [0.05, 0.1) is 0 Å². The third-order valence-corrected chi connectivity index (χ3v) is 5.03. The van der Waals surface area contributed by atoms with E-state index in [1.165, 1.54) is 24.2 Å². The average molecular weight is 297 g/mol. The van der Waals surface area contributed by atoms with Crippen molar-refractivity contribution in [3.8, 4) is 5.75 Å². The second kappa shape index (κ2) is 6.14. The van der Waals surface area contributed by atoms with Crippen LogP contribution in [0.2, 0.25) is 0 Å². The van der Waals surface area contributed by atoms with Crippen molar-refractivity contribution >= 4 is 17.3 Å². The smallest absolute Gasteiger partial charge is 0.349 e. The fourth-order valence-electron chi connectivity index (χ4n) is 2.29. The molecule has 0 aliphatic carbocycles. The van der Waals surface area contributed by atoms with E-state index < -0.39 is 5.97 Å². The molecule has 0 unspecified atom stereocenters. The van der Waals surface area contributed by atoms with Gasteiger partial charge in [-0.3, -0.25) is 4.90 Å². The summed E-state index contributed by atoms with van der Waals surface area (Å²) in [6.45, 7) is 9.94. The number of rotatable bonds is 5. The summed E-state index contributed by atoms with van der Waals surface area (Å²) in [4.78, 5) is 15.0. The van der Waals surface area contributed by atoms with Gasteiger partial charge in [0.1, 0.15) is 12.4 Å². The van der Waals surface area contributed by atoms with Crippen LogP contribution in [0.1, 0.15) is 48.2 Å². The second-order valence-electron chi connectivity index (χ2n) is 6.26. The van der Waals surface area contributed by atoms with Crippen molar-refractivity contribution in [2.24, 2.45) is 0 Å². The molecule has 1 aromatic heterocycles. The van der Waals surface area contributed by atoms with Crippen LogP contribution >= 0.6 is 11.3 Å². The minimum absolute atomic E-state index is 0.0502. The number of likely N-dealkylation sites (tertiary alicyclic amines) is 1. The Morgan fingerprint density at radius 2 is 2.05 bits per heavy atom. The summed E-state index contributed by atoms with van der Waals surface area (Å²) in [7, 11) is 0. The van der Waals surface area contributed by atoms with Gasteiger partial charge in [0, 0.05) is 11.4 Å². The number of ether oxygens (including phenoxy) is 1. The maximum absolute atomic E-state index is 11.3. The first-order chi connectivity index (χ1) is 9.38. The van der Waals surface area contributed by atoms with Gasteiger partial charge < -0.3 is 9.84 Å². The molecule has 2 rings (SSSR count). The van der Waals surface area contributed by atoms with Crippen molar-refractivity contribution in [1.82, 2.24) is 4.90 Å². The van der Waals surface area contributed by atoms with Gasteiger partial charge in [0.25, 0.3) is 0 Å². The Bertz CT molecular complexity index is 470. The minimum atomic E-state index is -0.901. The van der Waals surface area contributed by atoms with Crippen molar-refractivity contribution in [3.05, 3.63) is 15.8 Å². The maximum atomic E-state index is 11.3. The summed E-state index contributed by atoms with van der Waals surface area (Å²) in [5.74, 6) is -0.381. The van der Waals surface area contributed by atoms with Crippen molar-refractivity contribution in [1.29, 1.82) is 0 Å². The molecule has 1 aliphatic rings. The number of hydrogen-bond donors (Lipinski definition) is 1. The molecule has 4 nitrogen and oxygen atoms in total. The van der Waals surface area contributed by atoms with Gasteiger partial charge in [-0.05, 0) is 37.4 Å². The zero-order valence-corrected chi connectivity index (χ0v) is 13.3. The Labute approximate surface area is 124 Å². The van der Waals surface area contributed by atoms with Crippen molar-refractivity contribution in [2.75, 3.05) is 26.2 Å². The SMILES string of the molecule is CC(C)(C)c1cc(OCCN2CCCC2)c(C(=O)O)s1. The van der Waals surface area contributed by atoms with Crippen molar-refractivity contribution in [3.63, 3.8) is 0 Å². The van der Waals surface area contributed by atoms with Crippen LogP contribution in [0.15, 0.2) is 6.07 Å². The molecule has 1 aromatic rings. The van der Waals surface area contributed by atoms with Crippen LogP contribution in [0.4, 0.5) is 0 Å². The Morgan fingerprint density at radius 3 is 2.60 bits per heavy atom. The van der Waals surface area contributed by atoms with Gasteiger partial charge in [-0.2, -0.15) is 0 Å². The Balaban J connectivity index is 2.01. The van der Waals surface area contributed by atoms with E-state index in [0.29, 0.717) is 17.2 Å². The number of carboxylic acid groups (broad SMARTS) is 1. The maximum Gasteiger partial charge on any atom is 0.349 e. The molecular weight excluding hydrogens is 274 g/mol. The van der Waals surface area contributed by atoms with Crippen LogP contribution in [0.3, 0.4) is 0 Å². The molecule has 0 aromatic carbocycles. The predicted octanol–water partition coefficient (Wildman–Crippen LogP) is 3.22. The molecule has 0 atom stereocenters. The largest absolute Gasteiger partial charge is 0.490 e. The second-order valence-corrected chi connectivity index (χ2v) is 7.31. The van der Waals surface area contributed by atoms with Gasteiger partial charge in [0.15, 0.2) is 4.88 Å². The van der Waals surface area contributed by atoms with E-state index in [9.17, 15) is 9.90 Å². The third-order valence-electron chi connectivity index (χ3n) is 3.50. The van der Waals surface area contributed by atoms with E-state index in [2.05, 4.69) is 25.7 Å². The summed E-state index contributed by atoms with van der Waals surface area (Å²) in [5, 5.41) is 9.28. The quantitative estimate of drug-likeness (QED) is 0.906. The highest BCUT2D eigenvalue weighted by atomic mass is 32.1. The lowest BCUT2D eigenvalue weighted by Crippen LogP contribution is -2.25. The van der Waals surface area contributed by atoms with Crippen LogP contribution in [-0.4, -0.2) is 42.2 Å². The van der Waals surface area contributed by atoms with Crippen molar-refractivity contribution < 1.29 is 14.6 Å². The number of hydrogen-bond acceptors (Lipinski definition) is 4. The molecule has 0 spiro atoms. The highest BCUT2D eigenvalue weighted by Gasteiger charge is 2.23. The molecule has 5 heteroatoms. The molecule has 0 amide bonds. The number of thiophene rings is 1. The highest BCUT2D eigenvalue weighted by molar-refractivity contribution is 7.14. The van der Waals surface area contributed by atoms with Crippen LogP contribution in [-0.2, 0) is 5.41 Å². The molecule has 0 radical (unpaired) electrons. The van der Waals surface area contributed by atoms with Gasteiger partial charge in [-0.1, -0.05) is 20.8 Å². The first kappa shape index (κ1) is 15.3. The molecule has 0 saturated carbocycles. The van der Waals surface area contributed by atoms with Crippen molar-refractivity contribution in [2.45, 2.75) is 39.0 Å². The molecule has 1 aliphatic heterocycles. The van der Waals surface area contributed by atoms with E-state index in [-0.39, 0.29) is 5.41 Å². The number of carbonyl (C=O) groups is 1. The normalized spacial score (nSPS) is 16.6. The summed E-state index contributed by atoms with van der Waals surface area (Å²) in [5.41, 5.74) is -0.0502. The molecule has 1 fully saturated rings.